The van der Waals surface area contributed by atoms with E-state index in [1.807, 2.05) is 10.8 Å². The van der Waals surface area contributed by atoms with E-state index in [2.05, 4.69) is 24.1 Å². The Labute approximate surface area is 110 Å². The largest absolute Gasteiger partial charge is 0.356 e. The minimum Gasteiger partial charge on any atom is -0.356 e. The van der Waals surface area contributed by atoms with Crippen molar-refractivity contribution in [2.75, 3.05) is 6.54 Å². The van der Waals surface area contributed by atoms with Crippen molar-refractivity contribution in [2.24, 2.45) is 5.92 Å². The van der Waals surface area contributed by atoms with Crippen LogP contribution < -0.4 is 5.32 Å². The highest BCUT2D eigenvalue weighted by Crippen LogP contribution is 2.12. The number of rotatable bonds is 9. The summed E-state index contributed by atoms with van der Waals surface area (Å²) in [6.07, 6.45) is 10.7. The lowest BCUT2D eigenvalue weighted by Crippen LogP contribution is -2.31. The van der Waals surface area contributed by atoms with Gasteiger partial charge in [-0.25, -0.2) is 4.98 Å². The Morgan fingerprint density at radius 2 is 2.22 bits per heavy atom. The Balaban J connectivity index is 2.14. The van der Waals surface area contributed by atoms with Gasteiger partial charge in [-0.15, -0.1) is 0 Å². The molecule has 102 valence electrons. The molecule has 1 N–H and O–H groups in total. The van der Waals surface area contributed by atoms with E-state index < -0.39 is 0 Å². The lowest BCUT2D eigenvalue weighted by molar-refractivity contribution is -0.125. The van der Waals surface area contributed by atoms with Crippen molar-refractivity contribution in [3.63, 3.8) is 0 Å². The van der Waals surface area contributed by atoms with Crippen LogP contribution in [0.3, 0.4) is 0 Å². The number of aromatic nitrogens is 2. The number of carbonyl (C=O) groups excluding carboxylic acids is 1. The van der Waals surface area contributed by atoms with Crippen LogP contribution in [0.25, 0.3) is 0 Å². The summed E-state index contributed by atoms with van der Waals surface area (Å²) in [6.45, 7) is 5.91. The van der Waals surface area contributed by atoms with E-state index in [4.69, 9.17) is 0 Å². The van der Waals surface area contributed by atoms with Crippen LogP contribution in [0.5, 0.6) is 0 Å². The van der Waals surface area contributed by atoms with Gasteiger partial charge < -0.3 is 9.88 Å². The molecule has 4 nitrogen and oxygen atoms in total. The zero-order valence-corrected chi connectivity index (χ0v) is 11.6. The average molecular weight is 251 g/mol. The summed E-state index contributed by atoms with van der Waals surface area (Å²) in [7, 11) is 0. The highest BCUT2D eigenvalue weighted by molar-refractivity contribution is 5.78. The molecule has 1 rings (SSSR count). The second-order valence-corrected chi connectivity index (χ2v) is 4.69. The molecule has 0 aliphatic heterocycles. The molecule has 1 aromatic rings. The van der Waals surface area contributed by atoms with Gasteiger partial charge >= 0.3 is 0 Å². The highest BCUT2D eigenvalue weighted by Gasteiger charge is 2.14. The van der Waals surface area contributed by atoms with Crippen molar-refractivity contribution in [2.45, 2.75) is 52.5 Å². The van der Waals surface area contributed by atoms with Gasteiger partial charge in [0.15, 0.2) is 0 Å². The van der Waals surface area contributed by atoms with Gasteiger partial charge in [0.05, 0.1) is 6.33 Å². The first kappa shape index (κ1) is 14.7. The third-order valence-corrected chi connectivity index (χ3v) is 3.22. The number of aryl methyl sites for hydroxylation is 1. The van der Waals surface area contributed by atoms with Crippen molar-refractivity contribution in [1.29, 1.82) is 0 Å². The molecule has 1 amide bonds. The molecule has 0 radical (unpaired) electrons. The second kappa shape index (κ2) is 8.72. The maximum absolute atomic E-state index is 11.9. The number of unbranched alkanes of at least 4 members (excludes halogenated alkanes) is 1. The van der Waals surface area contributed by atoms with Gasteiger partial charge in [-0.2, -0.15) is 0 Å². The molecule has 0 saturated carbocycles. The minimum absolute atomic E-state index is 0.193. The first-order valence-corrected chi connectivity index (χ1v) is 7.01. The van der Waals surface area contributed by atoms with Gasteiger partial charge in [0.25, 0.3) is 0 Å². The van der Waals surface area contributed by atoms with Crippen molar-refractivity contribution in [1.82, 2.24) is 14.9 Å². The molecule has 1 heterocycles. The number of hydrogen-bond donors (Lipinski definition) is 1. The first-order valence-electron chi connectivity index (χ1n) is 7.01. The molecule has 0 unspecified atom stereocenters. The summed E-state index contributed by atoms with van der Waals surface area (Å²) in [6, 6.07) is 0. The molecule has 1 atom stereocenters. The van der Waals surface area contributed by atoms with Crippen molar-refractivity contribution < 1.29 is 4.79 Å². The van der Waals surface area contributed by atoms with E-state index >= 15 is 0 Å². The number of imidazole rings is 1. The summed E-state index contributed by atoms with van der Waals surface area (Å²) in [5.41, 5.74) is 0. The van der Waals surface area contributed by atoms with Crippen LogP contribution >= 0.6 is 0 Å². The van der Waals surface area contributed by atoms with Crippen molar-refractivity contribution in [3.05, 3.63) is 18.7 Å². The van der Waals surface area contributed by atoms with E-state index in [0.29, 0.717) is 0 Å². The van der Waals surface area contributed by atoms with E-state index in [9.17, 15) is 4.79 Å². The molecule has 0 spiro atoms. The third-order valence-electron chi connectivity index (χ3n) is 3.22. The molecule has 0 aliphatic rings. The average Bonchev–Trinajstić information content (AvgIpc) is 2.88. The van der Waals surface area contributed by atoms with Gasteiger partial charge in [-0.3, -0.25) is 4.79 Å². The zero-order valence-electron chi connectivity index (χ0n) is 11.6. The molecule has 0 aromatic carbocycles. The predicted molar refractivity (Wildman–Crippen MR) is 73.2 cm³/mol. The normalized spacial score (nSPS) is 12.3. The molecular formula is C14H25N3O. The Hall–Kier alpha value is -1.32. The van der Waals surface area contributed by atoms with E-state index in [0.717, 1.165) is 45.2 Å². The SMILES string of the molecule is CCCC[C@H](CC)C(=O)NCCCn1ccnc1. The van der Waals surface area contributed by atoms with Gasteiger partial charge in [-0.1, -0.05) is 26.7 Å². The highest BCUT2D eigenvalue weighted by atomic mass is 16.1. The van der Waals surface area contributed by atoms with Crippen LogP contribution in [0.15, 0.2) is 18.7 Å². The van der Waals surface area contributed by atoms with Crippen LogP contribution in [-0.2, 0) is 11.3 Å². The molecule has 18 heavy (non-hydrogen) atoms. The molecule has 0 aliphatic carbocycles. The van der Waals surface area contributed by atoms with Gasteiger partial charge in [-0.05, 0) is 19.3 Å². The van der Waals surface area contributed by atoms with Crippen LogP contribution in [0.1, 0.15) is 46.0 Å². The number of nitrogens with one attached hydrogen (secondary N) is 1. The molecular weight excluding hydrogens is 226 g/mol. The van der Waals surface area contributed by atoms with Crippen LogP contribution in [0.4, 0.5) is 0 Å². The maximum Gasteiger partial charge on any atom is 0.223 e. The Morgan fingerprint density at radius 3 is 2.83 bits per heavy atom. The van der Waals surface area contributed by atoms with Crippen molar-refractivity contribution >= 4 is 5.91 Å². The van der Waals surface area contributed by atoms with Crippen molar-refractivity contribution in [3.8, 4) is 0 Å². The van der Waals surface area contributed by atoms with E-state index in [1.165, 1.54) is 0 Å². The van der Waals surface area contributed by atoms with E-state index in [1.54, 1.807) is 12.5 Å². The lowest BCUT2D eigenvalue weighted by atomic mass is 9.98. The monoisotopic (exact) mass is 251 g/mol. The topological polar surface area (TPSA) is 46.9 Å². The Morgan fingerprint density at radius 1 is 1.39 bits per heavy atom. The first-order chi connectivity index (χ1) is 8.77. The quantitative estimate of drug-likeness (QED) is 0.686. The van der Waals surface area contributed by atoms with E-state index in [-0.39, 0.29) is 11.8 Å². The summed E-state index contributed by atoms with van der Waals surface area (Å²) < 4.78 is 2.03. The molecule has 0 fully saturated rings. The standard InChI is InChI=1S/C14H25N3O/c1-3-5-7-13(4-2)14(18)16-8-6-10-17-11-9-15-12-17/h9,11-13H,3-8,10H2,1-2H3,(H,16,18)/t13-/m0/s1. The van der Waals surface area contributed by atoms with Crippen LogP contribution in [0, 0.1) is 5.92 Å². The summed E-state index contributed by atoms with van der Waals surface area (Å²) in [5, 5.41) is 3.03. The smallest absolute Gasteiger partial charge is 0.223 e. The summed E-state index contributed by atoms with van der Waals surface area (Å²) >= 11 is 0. The van der Waals surface area contributed by atoms with Gasteiger partial charge in [0.2, 0.25) is 5.91 Å². The molecule has 0 bridgehead atoms. The van der Waals surface area contributed by atoms with Gasteiger partial charge in [0.1, 0.15) is 0 Å². The third kappa shape index (κ3) is 5.34. The Bertz CT molecular complexity index is 322. The fourth-order valence-electron chi connectivity index (χ4n) is 2.01. The molecule has 0 saturated heterocycles. The Kier molecular flexibility index (Phi) is 7.14. The fraction of sp³-hybridized carbons (Fsp3) is 0.714. The van der Waals surface area contributed by atoms with Crippen LogP contribution in [0.2, 0.25) is 0 Å². The lowest BCUT2D eigenvalue weighted by Gasteiger charge is -2.14. The summed E-state index contributed by atoms with van der Waals surface area (Å²) in [5.74, 6) is 0.412. The van der Waals surface area contributed by atoms with Crippen LogP contribution in [-0.4, -0.2) is 22.0 Å². The molecule has 1 aromatic heterocycles. The zero-order chi connectivity index (χ0) is 13.2. The predicted octanol–water partition coefficient (Wildman–Crippen LogP) is 2.61. The number of nitrogens with zero attached hydrogens (tertiary/aromatic N) is 2. The maximum atomic E-state index is 11.9. The minimum atomic E-state index is 0.193. The number of hydrogen-bond acceptors (Lipinski definition) is 2. The summed E-state index contributed by atoms with van der Waals surface area (Å²) in [4.78, 5) is 15.9. The van der Waals surface area contributed by atoms with Gasteiger partial charge in [0, 0.05) is 31.4 Å². The number of carbonyl (C=O) groups is 1. The second-order valence-electron chi connectivity index (χ2n) is 4.69. The number of amides is 1. The molecule has 4 heteroatoms. The fourth-order valence-corrected chi connectivity index (χ4v) is 2.01.